The van der Waals surface area contributed by atoms with Crippen molar-refractivity contribution >= 4 is 23.0 Å². The van der Waals surface area contributed by atoms with Gasteiger partial charge >= 0.3 is 0 Å². The minimum absolute atomic E-state index is 0.0374. The van der Waals surface area contributed by atoms with E-state index in [-0.39, 0.29) is 11.6 Å². The van der Waals surface area contributed by atoms with Crippen molar-refractivity contribution in [3.8, 4) is 0 Å². The first-order chi connectivity index (χ1) is 9.15. The Kier molecular flexibility index (Phi) is 2.97. The number of piperazine rings is 1. The van der Waals surface area contributed by atoms with Crippen LogP contribution in [0.4, 0.5) is 21.5 Å². The van der Waals surface area contributed by atoms with Gasteiger partial charge in [-0.2, -0.15) is 0 Å². The number of halogens is 1. The third-order valence-electron chi connectivity index (χ3n) is 3.26. The number of hydrogen-bond donors (Lipinski definition) is 4. The monoisotopic (exact) mass is 266 g/mol. The van der Waals surface area contributed by atoms with Crippen LogP contribution in [-0.4, -0.2) is 32.1 Å². The van der Waals surface area contributed by atoms with Gasteiger partial charge in [-0.25, -0.2) is 9.56 Å². The quantitative estimate of drug-likeness (QED) is 0.484. The maximum absolute atomic E-state index is 14.1. The van der Waals surface area contributed by atoms with E-state index >= 15 is 0 Å². The third-order valence-corrected chi connectivity index (χ3v) is 3.26. The van der Waals surface area contributed by atoms with E-state index in [9.17, 15) is 9.60 Å². The summed E-state index contributed by atoms with van der Waals surface area (Å²) in [5, 5.41) is 20.7. The van der Waals surface area contributed by atoms with Gasteiger partial charge in [0.1, 0.15) is 5.69 Å². The Morgan fingerprint density at radius 1 is 1.37 bits per heavy atom. The van der Waals surface area contributed by atoms with Crippen LogP contribution in [0.1, 0.15) is 0 Å². The van der Waals surface area contributed by atoms with Gasteiger partial charge in [-0.15, -0.1) is 0 Å². The fourth-order valence-electron chi connectivity index (χ4n) is 2.33. The Hall–Kier alpha value is -1.90. The summed E-state index contributed by atoms with van der Waals surface area (Å²) in [5.41, 5.74) is 6.71. The average molecular weight is 266 g/mol. The van der Waals surface area contributed by atoms with Gasteiger partial charge in [0.05, 0.1) is 5.69 Å². The maximum Gasteiger partial charge on any atom is 0.252 e. The van der Waals surface area contributed by atoms with Crippen molar-refractivity contribution in [1.82, 2.24) is 5.32 Å². The van der Waals surface area contributed by atoms with Gasteiger partial charge in [-0.05, 0) is 11.2 Å². The van der Waals surface area contributed by atoms with Gasteiger partial charge in [0.2, 0.25) is 0 Å². The van der Waals surface area contributed by atoms with Gasteiger partial charge < -0.3 is 26.5 Å². The largest absolute Gasteiger partial charge is 0.601 e. The number of fused-ring (bicyclic) bond motifs is 1. The zero-order chi connectivity index (χ0) is 13.4. The second kappa shape index (κ2) is 4.65. The Labute approximate surface area is 109 Å². The third kappa shape index (κ3) is 2.21. The molecule has 0 aromatic heterocycles. The highest BCUT2D eigenvalue weighted by Crippen LogP contribution is 2.30. The number of rotatable bonds is 1. The van der Waals surface area contributed by atoms with E-state index < -0.39 is 11.0 Å². The van der Waals surface area contributed by atoms with Gasteiger partial charge in [0.25, 0.3) is 5.96 Å². The molecule has 3 rings (SSSR count). The molecule has 2 heterocycles. The fraction of sp³-hybridized carbons (Fsp3) is 0.364. The molecule has 102 valence electrons. The minimum Gasteiger partial charge on any atom is -0.601 e. The van der Waals surface area contributed by atoms with Crippen LogP contribution in [0.15, 0.2) is 17.2 Å². The first kappa shape index (κ1) is 12.2. The lowest BCUT2D eigenvalue weighted by molar-refractivity contribution is -0.783. The molecule has 1 saturated heterocycles. The van der Waals surface area contributed by atoms with Crippen LogP contribution in [0.2, 0.25) is 0 Å². The maximum atomic E-state index is 14.1. The van der Waals surface area contributed by atoms with Crippen molar-refractivity contribution in [2.45, 2.75) is 0 Å². The van der Waals surface area contributed by atoms with E-state index in [0.717, 1.165) is 26.2 Å². The zero-order valence-corrected chi connectivity index (χ0v) is 10.2. The van der Waals surface area contributed by atoms with E-state index in [0.29, 0.717) is 11.4 Å². The molecule has 8 heteroatoms. The van der Waals surface area contributed by atoms with Crippen molar-refractivity contribution in [3.05, 3.63) is 23.2 Å². The van der Waals surface area contributed by atoms with Crippen LogP contribution in [0.3, 0.4) is 0 Å². The first-order valence-electron chi connectivity index (χ1n) is 6.10. The highest BCUT2D eigenvalue weighted by Gasteiger charge is 2.23. The molecule has 0 aliphatic carbocycles. The molecule has 5 N–H and O–H groups in total. The molecule has 1 unspecified atom stereocenters. The number of anilines is 2. The zero-order valence-electron chi connectivity index (χ0n) is 10.2. The van der Waals surface area contributed by atoms with Crippen LogP contribution in [0.25, 0.3) is 0 Å². The Morgan fingerprint density at radius 2 is 2.11 bits per heavy atom. The molecule has 1 atom stereocenters. The molecule has 0 bridgehead atoms. The molecule has 0 saturated carbocycles. The molecule has 0 amide bonds. The molecule has 2 aliphatic rings. The standard InChI is InChI=1S/C11H15FN6O/c12-7-5-10-8(15-11(13)16-18(10)19)6-9(7)17-3-1-14-2-4-17/h5-6,14,18H,1-4H2,(H3,13,15,16). The molecule has 19 heavy (non-hydrogen) atoms. The molecule has 1 aromatic carbocycles. The van der Waals surface area contributed by atoms with E-state index in [2.05, 4.69) is 15.7 Å². The Morgan fingerprint density at radius 3 is 2.84 bits per heavy atom. The molecular weight excluding hydrogens is 251 g/mol. The lowest BCUT2D eigenvalue weighted by atomic mass is 10.2. The fourth-order valence-corrected chi connectivity index (χ4v) is 2.33. The van der Waals surface area contributed by atoms with Crippen LogP contribution >= 0.6 is 0 Å². The van der Waals surface area contributed by atoms with Gasteiger partial charge in [0.15, 0.2) is 11.5 Å². The first-order valence-corrected chi connectivity index (χ1v) is 6.10. The van der Waals surface area contributed by atoms with Crippen LogP contribution in [0, 0.1) is 11.0 Å². The lowest BCUT2D eigenvalue weighted by Gasteiger charge is -2.31. The topological polar surface area (TPSA) is 93.2 Å². The highest BCUT2D eigenvalue weighted by molar-refractivity contribution is 5.96. The predicted octanol–water partition coefficient (Wildman–Crippen LogP) is -1.10. The Bertz CT molecular complexity index is 528. The number of hydrogen-bond acceptors (Lipinski definition) is 6. The average Bonchev–Trinajstić information content (AvgIpc) is 2.40. The van der Waals surface area contributed by atoms with Crippen molar-refractivity contribution < 1.29 is 9.56 Å². The molecule has 0 radical (unpaired) electrons. The van der Waals surface area contributed by atoms with Crippen molar-refractivity contribution in [2.75, 3.05) is 36.4 Å². The lowest BCUT2D eigenvalue weighted by Crippen LogP contribution is -2.98. The number of benzene rings is 1. The summed E-state index contributed by atoms with van der Waals surface area (Å²) >= 11 is 0. The summed E-state index contributed by atoms with van der Waals surface area (Å²) in [7, 11) is 0. The normalized spacial score (nSPS) is 22.5. The molecular formula is C11H15FN6O. The second-order valence-corrected chi connectivity index (χ2v) is 4.51. The predicted molar refractivity (Wildman–Crippen MR) is 70.7 cm³/mol. The number of guanidine groups is 1. The van der Waals surface area contributed by atoms with Gasteiger partial charge in [-0.1, -0.05) is 0 Å². The second-order valence-electron chi connectivity index (χ2n) is 4.51. The van der Waals surface area contributed by atoms with E-state index in [4.69, 9.17) is 5.73 Å². The molecule has 7 nitrogen and oxygen atoms in total. The summed E-state index contributed by atoms with van der Waals surface area (Å²) in [6, 6.07) is 2.84. The van der Waals surface area contributed by atoms with Gasteiger partial charge in [0, 0.05) is 32.2 Å². The molecule has 1 fully saturated rings. The van der Waals surface area contributed by atoms with Crippen LogP contribution in [0.5, 0.6) is 0 Å². The summed E-state index contributed by atoms with van der Waals surface area (Å²) in [6.45, 7) is 3.08. The number of quaternary nitrogens is 1. The summed E-state index contributed by atoms with van der Waals surface area (Å²) < 4.78 is 14.1. The number of nitrogens with two attached hydrogens (primary N) is 1. The van der Waals surface area contributed by atoms with E-state index in [1.807, 2.05) is 4.90 Å². The van der Waals surface area contributed by atoms with E-state index in [1.165, 1.54) is 6.07 Å². The van der Waals surface area contributed by atoms with E-state index in [1.54, 1.807) is 6.07 Å². The minimum atomic E-state index is -0.517. The molecule has 2 aliphatic heterocycles. The SMILES string of the molecule is NC1=N[NH+]([O-])c2cc(F)c(N3CCNCC3)cc2N1. The summed E-state index contributed by atoms with van der Waals surface area (Å²) in [6.07, 6.45) is 0. The summed E-state index contributed by atoms with van der Waals surface area (Å²) in [4.78, 5) is 1.94. The highest BCUT2D eigenvalue weighted by atomic mass is 19.1. The van der Waals surface area contributed by atoms with Crippen molar-refractivity contribution in [2.24, 2.45) is 10.8 Å². The Balaban J connectivity index is 1.97. The van der Waals surface area contributed by atoms with Crippen LogP contribution < -0.4 is 26.4 Å². The molecule has 1 aromatic rings. The van der Waals surface area contributed by atoms with Crippen molar-refractivity contribution in [3.63, 3.8) is 0 Å². The van der Waals surface area contributed by atoms with Crippen molar-refractivity contribution in [1.29, 1.82) is 0 Å². The van der Waals surface area contributed by atoms with Gasteiger partial charge in [-0.3, -0.25) is 0 Å². The van der Waals surface area contributed by atoms with Crippen LogP contribution in [-0.2, 0) is 0 Å². The number of nitrogens with one attached hydrogen (secondary N) is 3. The smallest absolute Gasteiger partial charge is 0.252 e. The number of nitrogens with zero attached hydrogens (tertiary/aromatic N) is 2. The summed E-state index contributed by atoms with van der Waals surface area (Å²) in [5.74, 6) is -0.373. The molecule has 0 spiro atoms.